The molecular weight excluding hydrogens is 296 g/mol. The van der Waals surface area contributed by atoms with Gasteiger partial charge in [-0.2, -0.15) is 0 Å². The van der Waals surface area contributed by atoms with Crippen molar-refractivity contribution in [1.29, 1.82) is 0 Å². The highest BCUT2D eigenvalue weighted by molar-refractivity contribution is 6.35. The molecule has 18 heavy (non-hydrogen) atoms. The smallest absolute Gasteiger partial charge is 0.343 e. The predicted molar refractivity (Wildman–Crippen MR) is 70.7 cm³/mol. The summed E-state index contributed by atoms with van der Waals surface area (Å²) >= 11 is 17.3. The van der Waals surface area contributed by atoms with Gasteiger partial charge in [0.05, 0.1) is 16.8 Å². The molecule has 0 radical (unpaired) electrons. The molecule has 0 bridgehead atoms. The van der Waals surface area contributed by atoms with Crippen molar-refractivity contribution < 1.29 is 9.53 Å². The minimum Gasteiger partial charge on any atom is -0.421 e. The maximum Gasteiger partial charge on any atom is 0.343 e. The second-order valence-corrected chi connectivity index (χ2v) is 4.70. The third kappa shape index (κ3) is 3.35. The van der Waals surface area contributed by atoms with Crippen LogP contribution in [0, 0.1) is 0 Å². The zero-order valence-corrected chi connectivity index (χ0v) is 11.1. The lowest BCUT2D eigenvalue weighted by Gasteiger charge is -2.05. The highest BCUT2D eigenvalue weighted by Crippen LogP contribution is 2.21. The Bertz CT molecular complexity index is 581. The van der Waals surface area contributed by atoms with Crippen LogP contribution in [-0.2, 0) is 0 Å². The van der Waals surface area contributed by atoms with Gasteiger partial charge in [0.15, 0.2) is 5.75 Å². The maximum absolute atomic E-state index is 11.8. The van der Waals surface area contributed by atoms with Gasteiger partial charge in [0.1, 0.15) is 0 Å². The number of halogens is 3. The Morgan fingerprint density at radius 1 is 0.944 bits per heavy atom. The van der Waals surface area contributed by atoms with Crippen molar-refractivity contribution >= 4 is 40.8 Å². The van der Waals surface area contributed by atoms with Gasteiger partial charge in [-0.1, -0.05) is 34.8 Å². The summed E-state index contributed by atoms with van der Waals surface area (Å²) in [5, 5.41) is 1.10. The van der Waals surface area contributed by atoms with Crippen molar-refractivity contribution in [2.24, 2.45) is 0 Å². The topological polar surface area (TPSA) is 39.2 Å². The highest BCUT2D eigenvalue weighted by Gasteiger charge is 2.11. The van der Waals surface area contributed by atoms with E-state index in [0.29, 0.717) is 15.1 Å². The van der Waals surface area contributed by atoms with Gasteiger partial charge in [-0.25, -0.2) is 4.79 Å². The molecule has 0 aliphatic carbocycles. The van der Waals surface area contributed by atoms with Crippen LogP contribution >= 0.6 is 34.8 Å². The van der Waals surface area contributed by atoms with Gasteiger partial charge in [0, 0.05) is 22.3 Å². The van der Waals surface area contributed by atoms with Gasteiger partial charge in [-0.15, -0.1) is 0 Å². The molecule has 0 fully saturated rings. The molecule has 2 rings (SSSR count). The monoisotopic (exact) mass is 301 g/mol. The molecule has 2 aromatic rings. The molecule has 92 valence electrons. The molecule has 0 atom stereocenters. The van der Waals surface area contributed by atoms with Crippen molar-refractivity contribution in [3.05, 3.63) is 57.3 Å². The molecule has 3 nitrogen and oxygen atoms in total. The number of carbonyl (C=O) groups excluding carboxylic acids is 1. The molecular formula is C12H6Cl3NO2. The number of hydrogen-bond donors (Lipinski definition) is 0. The van der Waals surface area contributed by atoms with Crippen molar-refractivity contribution in [2.75, 3.05) is 0 Å². The zero-order valence-electron chi connectivity index (χ0n) is 8.86. The summed E-state index contributed by atoms with van der Waals surface area (Å²) in [5.41, 5.74) is 0.257. The number of nitrogens with zero attached hydrogens (tertiary/aromatic N) is 1. The van der Waals surface area contributed by atoms with E-state index in [2.05, 4.69) is 4.98 Å². The first-order valence-electron chi connectivity index (χ1n) is 4.83. The Balaban J connectivity index is 2.22. The highest BCUT2D eigenvalue weighted by atomic mass is 35.5. The Morgan fingerprint density at radius 3 is 2.22 bits per heavy atom. The standard InChI is InChI=1S/C12H6Cl3NO2/c13-8-1-7(2-9(14)3-8)12(17)18-11-4-10(15)5-16-6-11/h1-6H. The van der Waals surface area contributed by atoms with E-state index in [1.165, 1.54) is 36.7 Å². The van der Waals surface area contributed by atoms with E-state index >= 15 is 0 Å². The number of aromatic nitrogens is 1. The summed E-state index contributed by atoms with van der Waals surface area (Å²) in [6.07, 6.45) is 2.82. The molecule has 0 spiro atoms. The van der Waals surface area contributed by atoms with Crippen LogP contribution in [0.2, 0.25) is 15.1 Å². The average molecular weight is 303 g/mol. The Hall–Kier alpha value is -1.29. The lowest BCUT2D eigenvalue weighted by Crippen LogP contribution is -2.08. The molecule has 0 amide bonds. The zero-order chi connectivity index (χ0) is 13.1. The fourth-order valence-electron chi connectivity index (χ4n) is 1.29. The molecule has 1 heterocycles. The SMILES string of the molecule is O=C(Oc1cncc(Cl)c1)c1cc(Cl)cc(Cl)c1. The summed E-state index contributed by atoms with van der Waals surface area (Å²) in [5.74, 6) is -0.327. The van der Waals surface area contributed by atoms with Crippen LogP contribution in [0.4, 0.5) is 0 Å². The van der Waals surface area contributed by atoms with Crippen molar-refractivity contribution in [1.82, 2.24) is 4.98 Å². The van der Waals surface area contributed by atoms with Crippen molar-refractivity contribution in [3.8, 4) is 5.75 Å². The van der Waals surface area contributed by atoms with Crippen LogP contribution in [0.15, 0.2) is 36.7 Å². The number of rotatable bonds is 2. The fraction of sp³-hybridized carbons (Fsp3) is 0. The molecule has 0 unspecified atom stereocenters. The number of benzene rings is 1. The van der Waals surface area contributed by atoms with E-state index in [-0.39, 0.29) is 11.3 Å². The lowest BCUT2D eigenvalue weighted by molar-refractivity contribution is 0.0734. The second kappa shape index (κ2) is 5.57. The molecule has 6 heteroatoms. The number of esters is 1. The predicted octanol–water partition coefficient (Wildman–Crippen LogP) is 4.26. The lowest BCUT2D eigenvalue weighted by atomic mass is 10.2. The van der Waals surface area contributed by atoms with Crippen LogP contribution in [0.1, 0.15) is 10.4 Å². The Kier molecular flexibility index (Phi) is 4.07. The van der Waals surface area contributed by atoms with Crippen LogP contribution in [0.3, 0.4) is 0 Å². The van der Waals surface area contributed by atoms with Crippen LogP contribution in [0.25, 0.3) is 0 Å². The van der Waals surface area contributed by atoms with Crippen LogP contribution < -0.4 is 4.74 Å². The third-order valence-corrected chi connectivity index (χ3v) is 2.63. The average Bonchev–Trinajstić information content (AvgIpc) is 2.27. The van der Waals surface area contributed by atoms with Crippen LogP contribution in [0.5, 0.6) is 5.75 Å². The first-order valence-corrected chi connectivity index (χ1v) is 5.97. The van der Waals surface area contributed by atoms with E-state index in [1.54, 1.807) is 0 Å². The summed E-state index contributed by atoms with van der Waals surface area (Å²) in [6.45, 7) is 0. The van der Waals surface area contributed by atoms with Crippen molar-refractivity contribution in [3.63, 3.8) is 0 Å². The van der Waals surface area contributed by atoms with Crippen LogP contribution in [-0.4, -0.2) is 11.0 Å². The van der Waals surface area contributed by atoms with Gasteiger partial charge in [-0.3, -0.25) is 4.98 Å². The van der Waals surface area contributed by atoms with Crippen molar-refractivity contribution in [2.45, 2.75) is 0 Å². The summed E-state index contributed by atoms with van der Waals surface area (Å²) < 4.78 is 5.09. The van der Waals surface area contributed by atoms with Gasteiger partial charge in [0.25, 0.3) is 0 Å². The molecule has 0 aliphatic rings. The van der Waals surface area contributed by atoms with Gasteiger partial charge in [-0.05, 0) is 18.2 Å². The molecule has 1 aromatic heterocycles. The molecule has 0 aliphatic heterocycles. The number of carbonyl (C=O) groups is 1. The largest absolute Gasteiger partial charge is 0.421 e. The quantitative estimate of drug-likeness (QED) is 0.778. The summed E-state index contributed by atoms with van der Waals surface area (Å²) in [6, 6.07) is 5.95. The van der Waals surface area contributed by atoms with Gasteiger partial charge >= 0.3 is 5.97 Å². The summed E-state index contributed by atoms with van der Waals surface area (Å²) in [7, 11) is 0. The fourth-order valence-corrected chi connectivity index (χ4v) is 1.98. The van der Waals surface area contributed by atoms with E-state index in [0.717, 1.165) is 0 Å². The van der Waals surface area contributed by atoms with Gasteiger partial charge in [0.2, 0.25) is 0 Å². The number of pyridine rings is 1. The normalized spacial score (nSPS) is 10.2. The number of hydrogen-bond acceptors (Lipinski definition) is 3. The Morgan fingerprint density at radius 2 is 1.61 bits per heavy atom. The first kappa shape index (κ1) is 13.1. The molecule has 0 N–H and O–H groups in total. The summed E-state index contributed by atoms with van der Waals surface area (Å²) in [4.78, 5) is 15.6. The molecule has 0 saturated carbocycles. The van der Waals surface area contributed by atoms with E-state index in [1.807, 2.05) is 0 Å². The van der Waals surface area contributed by atoms with Gasteiger partial charge < -0.3 is 4.74 Å². The third-order valence-electron chi connectivity index (χ3n) is 1.99. The second-order valence-electron chi connectivity index (χ2n) is 3.39. The number of ether oxygens (including phenoxy) is 1. The molecule has 1 aromatic carbocycles. The van der Waals surface area contributed by atoms with E-state index in [9.17, 15) is 4.79 Å². The minimum absolute atomic E-state index is 0.253. The Labute approximate surface area is 118 Å². The van der Waals surface area contributed by atoms with E-state index < -0.39 is 5.97 Å². The van der Waals surface area contributed by atoms with E-state index in [4.69, 9.17) is 39.5 Å². The minimum atomic E-state index is -0.580. The molecule has 0 saturated heterocycles. The first-order chi connectivity index (χ1) is 8.54. The maximum atomic E-state index is 11.8.